The van der Waals surface area contributed by atoms with Crippen molar-refractivity contribution in [2.75, 3.05) is 0 Å². The van der Waals surface area contributed by atoms with Crippen LogP contribution in [0.1, 0.15) is 31.8 Å². The summed E-state index contributed by atoms with van der Waals surface area (Å²) in [5.74, 6) is -2.66. The quantitative estimate of drug-likeness (QED) is 0.224. The summed E-state index contributed by atoms with van der Waals surface area (Å²) < 4.78 is 0. The van der Waals surface area contributed by atoms with Gasteiger partial charge < -0.3 is 15.3 Å². The summed E-state index contributed by atoms with van der Waals surface area (Å²) in [4.78, 5) is 22.6. The van der Waals surface area contributed by atoms with E-state index in [1.807, 2.05) is 24.3 Å². The molecule has 4 aromatic rings. The first-order valence-electron chi connectivity index (χ1n) is 11.2. The molecule has 9 heteroatoms. The largest absolute Gasteiger partial charge is 0.505 e. The van der Waals surface area contributed by atoms with E-state index in [0.717, 1.165) is 11.1 Å². The normalized spacial score (nSPS) is 11.3. The van der Waals surface area contributed by atoms with Crippen molar-refractivity contribution in [1.82, 2.24) is 0 Å². The highest BCUT2D eigenvalue weighted by atomic mass is 16.4. The lowest BCUT2D eigenvalue weighted by Gasteiger charge is -2.06. The average Bonchev–Trinajstić information content (AvgIpc) is 2.88. The van der Waals surface area contributed by atoms with Gasteiger partial charge in [-0.15, -0.1) is 5.11 Å². The lowest BCUT2D eigenvalue weighted by molar-refractivity contribution is 0.0683. The van der Waals surface area contributed by atoms with Crippen molar-refractivity contribution in [3.63, 3.8) is 0 Å². The van der Waals surface area contributed by atoms with E-state index in [0.29, 0.717) is 28.2 Å². The first-order valence-corrected chi connectivity index (χ1v) is 11.2. The number of benzene rings is 4. The summed E-state index contributed by atoms with van der Waals surface area (Å²) in [7, 11) is 0. The van der Waals surface area contributed by atoms with Gasteiger partial charge in [-0.2, -0.15) is 15.3 Å². The summed E-state index contributed by atoms with van der Waals surface area (Å²) >= 11 is 0. The minimum Gasteiger partial charge on any atom is -0.505 e. The minimum absolute atomic E-state index is 0.0710. The van der Waals surface area contributed by atoms with Crippen LogP contribution in [0.2, 0.25) is 0 Å². The molecule has 4 aromatic carbocycles. The van der Waals surface area contributed by atoms with Crippen molar-refractivity contribution >= 4 is 34.7 Å². The van der Waals surface area contributed by atoms with E-state index in [4.69, 9.17) is 0 Å². The van der Waals surface area contributed by atoms with Crippen molar-refractivity contribution in [3.8, 4) is 16.9 Å². The summed E-state index contributed by atoms with van der Waals surface area (Å²) in [6.45, 7) is 3.32. The molecule has 3 N–H and O–H groups in total. The summed E-state index contributed by atoms with van der Waals surface area (Å²) in [6.07, 6.45) is 0. The molecule has 0 amide bonds. The molecule has 37 heavy (non-hydrogen) atoms. The van der Waals surface area contributed by atoms with Crippen LogP contribution in [-0.2, 0) is 0 Å². The van der Waals surface area contributed by atoms with Gasteiger partial charge in [-0.25, -0.2) is 9.59 Å². The molecule has 0 aromatic heterocycles. The first-order chi connectivity index (χ1) is 17.7. The molecule has 0 aliphatic rings. The Labute approximate surface area is 212 Å². The van der Waals surface area contributed by atoms with E-state index in [9.17, 15) is 24.9 Å². The van der Waals surface area contributed by atoms with Crippen LogP contribution in [-0.4, -0.2) is 27.3 Å². The van der Waals surface area contributed by atoms with E-state index in [1.165, 1.54) is 12.1 Å². The molecule has 0 aliphatic heterocycles. The van der Waals surface area contributed by atoms with E-state index in [2.05, 4.69) is 20.5 Å². The maximum Gasteiger partial charge on any atom is 0.339 e. The summed E-state index contributed by atoms with van der Waals surface area (Å²) in [5, 5.41) is 45.1. The van der Waals surface area contributed by atoms with Crippen molar-refractivity contribution in [2.24, 2.45) is 20.5 Å². The first kappa shape index (κ1) is 24.9. The topological polar surface area (TPSA) is 144 Å². The smallest absolute Gasteiger partial charge is 0.339 e. The fourth-order valence-electron chi connectivity index (χ4n) is 3.60. The van der Waals surface area contributed by atoms with Gasteiger partial charge in [0.25, 0.3) is 0 Å². The van der Waals surface area contributed by atoms with Crippen LogP contribution in [0.15, 0.2) is 99.3 Å². The lowest BCUT2D eigenvalue weighted by Crippen LogP contribution is -1.99. The van der Waals surface area contributed by atoms with Crippen LogP contribution < -0.4 is 0 Å². The SMILES string of the molecule is Cc1ccc(/N=N/c2ccc(-c3ccc(/N=N/c4ccc(C)c(C(=O)O)c4O)cc3)cc2)cc1C(=O)O. The Hall–Kier alpha value is -5.18. The highest BCUT2D eigenvalue weighted by Gasteiger charge is 2.16. The minimum atomic E-state index is -1.23. The molecular formula is C28H22N4O5. The Morgan fingerprint density at radius 1 is 0.595 bits per heavy atom. The summed E-state index contributed by atoms with van der Waals surface area (Å²) in [5.41, 5.74) is 4.62. The molecule has 0 spiro atoms. The van der Waals surface area contributed by atoms with Crippen molar-refractivity contribution in [3.05, 3.63) is 101 Å². The molecule has 0 heterocycles. The van der Waals surface area contributed by atoms with Crippen LogP contribution in [0.5, 0.6) is 5.75 Å². The van der Waals surface area contributed by atoms with Gasteiger partial charge in [0.2, 0.25) is 0 Å². The van der Waals surface area contributed by atoms with Gasteiger partial charge in [0.1, 0.15) is 11.3 Å². The molecule has 0 radical (unpaired) electrons. The third-order valence-electron chi connectivity index (χ3n) is 5.65. The number of hydrogen-bond donors (Lipinski definition) is 3. The Kier molecular flexibility index (Phi) is 7.15. The third-order valence-corrected chi connectivity index (χ3v) is 5.65. The average molecular weight is 495 g/mol. The maximum atomic E-state index is 11.3. The molecule has 9 nitrogen and oxygen atoms in total. The van der Waals surface area contributed by atoms with Crippen LogP contribution in [0.3, 0.4) is 0 Å². The van der Waals surface area contributed by atoms with Gasteiger partial charge in [-0.05, 0) is 78.6 Å². The van der Waals surface area contributed by atoms with Crippen LogP contribution in [0.25, 0.3) is 11.1 Å². The molecule has 0 unspecified atom stereocenters. The fraction of sp³-hybridized carbons (Fsp3) is 0.0714. The second kappa shape index (κ2) is 10.6. The Morgan fingerprint density at radius 2 is 1.08 bits per heavy atom. The number of phenols is 1. The fourth-order valence-corrected chi connectivity index (χ4v) is 3.60. The standard InChI is InChI=1S/C28H22N4O5/c1-16-3-9-22(15-23(16)27(34)35)31-29-20-10-5-18(6-11-20)19-7-12-21(13-8-19)30-32-24-14-4-17(2)25(26(24)33)28(36)37/h3-15,33H,1-2H3,(H,34,35)(H,36,37)/b31-29+,32-30+. The van der Waals surface area contributed by atoms with Gasteiger partial charge in [-0.1, -0.05) is 36.4 Å². The molecule has 0 fully saturated rings. The Bertz CT molecular complexity index is 1540. The van der Waals surface area contributed by atoms with E-state index in [1.54, 1.807) is 56.3 Å². The van der Waals surface area contributed by atoms with Crippen molar-refractivity contribution in [1.29, 1.82) is 0 Å². The second-order valence-corrected chi connectivity index (χ2v) is 8.23. The Morgan fingerprint density at radius 3 is 1.62 bits per heavy atom. The molecule has 0 atom stereocenters. The molecule has 0 saturated carbocycles. The van der Waals surface area contributed by atoms with E-state index >= 15 is 0 Å². The zero-order chi connectivity index (χ0) is 26.5. The van der Waals surface area contributed by atoms with Crippen LogP contribution in [0.4, 0.5) is 22.7 Å². The number of aryl methyl sites for hydroxylation is 2. The number of rotatable bonds is 7. The van der Waals surface area contributed by atoms with Crippen molar-refractivity contribution < 1.29 is 24.9 Å². The van der Waals surface area contributed by atoms with Gasteiger partial charge in [0, 0.05) is 0 Å². The van der Waals surface area contributed by atoms with Crippen LogP contribution in [0, 0.1) is 13.8 Å². The molecule has 0 bridgehead atoms. The molecular weight excluding hydrogens is 472 g/mol. The number of carboxylic acids is 2. The van der Waals surface area contributed by atoms with Gasteiger partial charge in [0.15, 0.2) is 5.75 Å². The number of carboxylic acid groups (broad SMARTS) is 2. The predicted octanol–water partition coefficient (Wildman–Crippen LogP) is 7.90. The second-order valence-electron chi connectivity index (χ2n) is 8.23. The molecule has 0 aliphatic carbocycles. The van der Waals surface area contributed by atoms with Crippen molar-refractivity contribution in [2.45, 2.75) is 13.8 Å². The number of hydrogen-bond acceptors (Lipinski definition) is 7. The molecule has 184 valence electrons. The summed E-state index contributed by atoms with van der Waals surface area (Å²) in [6, 6.07) is 22.6. The van der Waals surface area contributed by atoms with E-state index < -0.39 is 17.7 Å². The highest BCUT2D eigenvalue weighted by Crippen LogP contribution is 2.34. The van der Waals surface area contributed by atoms with E-state index in [-0.39, 0.29) is 16.8 Å². The van der Waals surface area contributed by atoms with Crippen LogP contribution >= 0.6 is 0 Å². The number of azo groups is 2. The monoisotopic (exact) mass is 494 g/mol. The zero-order valence-electron chi connectivity index (χ0n) is 20.0. The predicted molar refractivity (Wildman–Crippen MR) is 138 cm³/mol. The molecule has 0 saturated heterocycles. The Balaban J connectivity index is 1.46. The third kappa shape index (κ3) is 5.73. The van der Waals surface area contributed by atoms with Gasteiger partial charge in [-0.3, -0.25) is 0 Å². The zero-order valence-corrected chi connectivity index (χ0v) is 20.0. The number of aromatic hydroxyl groups is 1. The molecule has 4 rings (SSSR count). The van der Waals surface area contributed by atoms with Gasteiger partial charge >= 0.3 is 11.9 Å². The number of carbonyl (C=O) groups is 2. The lowest BCUT2D eigenvalue weighted by atomic mass is 10.1. The number of nitrogens with zero attached hydrogens (tertiary/aromatic N) is 4. The highest BCUT2D eigenvalue weighted by molar-refractivity contribution is 5.94. The van der Waals surface area contributed by atoms with Gasteiger partial charge in [0.05, 0.1) is 22.6 Å². The number of aromatic carboxylic acids is 2. The maximum absolute atomic E-state index is 11.3.